The lowest BCUT2D eigenvalue weighted by Gasteiger charge is -2.10. The lowest BCUT2D eigenvalue weighted by molar-refractivity contribution is 0.296. The first-order valence-electron chi connectivity index (χ1n) is 6.93. The summed E-state index contributed by atoms with van der Waals surface area (Å²) in [5.74, 6) is 1.03. The second-order valence-electron chi connectivity index (χ2n) is 4.83. The summed E-state index contributed by atoms with van der Waals surface area (Å²) in [6.07, 6.45) is 0.735. The number of fused-ring (bicyclic) bond motifs is 1. The monoisotopic (exact) mass is 331 g/mol. The van der Waals surface area contributed by atoms with Crippen LogP contribution in [0.15, 0.2) is 47.4 Å². The van der Waals surface area contributed by atoms with E-state index in [1.165, 1.54) is 36.4 Å². The van der Waals surface area contributed by atoms with Crippen LogP contribution in [-0.2, 0) is 10.1 Å². The highest BCUT2D eigenvalue weighted by molar-refractivity contribution is 7.87. The van der Waals surface area contributed by atoms with Gasteiger partial charge in [0.05, 0.1) is 24.8 Å². The molecule has 0 saturated carbocycles. The molecule has 1 aliphatic heterocycles. The van der Waals surface area contributed by atoms with Gasteiger partial charge in [0.25, 0.3) is 0 Å². The minimum Gasteiger partial charge on any atom is -0.490 e. The second kappa shape index (κ2) is 6.18. The molecule has 0 atom stereocenters. The number of hydrogen-bond donors (Lipinski definition) is 0. The minimum absolute atomic E-state index is 0.0221. The van der Waals surface area contributed by atoms with Crippen molar-refractivity contribution in [1.29, 1.82) is 5.26 Å². The maximum absolute atomic E-state index is 12.3. The SMILES string of the molecule is N#Cc1ccc(OS(=O)(=O)c2ccc3c(c2)OCCCO3)cc1. The van der Waals surface area contributed by atoms with E-state index >= 15 is 0 Å². The Hall–Kier alpha value is -2.72. The zero-order valence-electron chi connectivity index (χ0n) is 12.1. The van der Waals surface area contributed by atoms with Crippen molar-refractivity contribution >= 4 is 10.1 Å². The molecule has 7 heteroatoms. The quantitative estimate of drug-likeness (QED) is 0.803. The Morgan fingerprint density at radius 1 is 1.00 bits per heavy atom. The Balaban J connectivity index is 1.87. The Morgan fingerprint density at radius 2 is 1.70 bits per heavy atom. The van der Waals surface area contributed by atoms with E-state index in [1.54, 1.807) is 6.07 Å². The summed E-state index contributed by atoms with van der Waals surface area (Å²) in [7, 11) is -4.00. The number of hydrogen-bond acceptors (Lipinski definition) is 6. The number of ether oxygens (including phenoxy) is 2. The summed E-state index contributed by atoms with van der Waals surface area (Å²) in [6.45, 7) is 0.994. The molecule has 0 spiro atoms. The fraction of sp³-hybridized carbons (Fsp3) is 0.188. The molecule has 3 rings (SSSR count). The molecular formula is C16H13NO5S. The molecule has 0 unspecified atom stereocenters. The van der Waals surface area contributed by atoms with Crippen LogP contribution in [0, 0.1) is 11.3 Å². The van der Waals surface area contributed by atoms with Crippen molar-refractivity contribution in [1.82, 2.24) is 0 Å². The first-order chi connectivity index (χ1) is 11.1. The fourth-order valence-electron chi connectivity index (χ4n) is 2.06. The molecule has 118 valence electrons. The van der Waals surface area contributed by atoms with Crippen LogP contribution in [0.1, 0.15) is 12.0 Å². The lowest BCUT2D eigenvalue weighted by Crippen LogP contribution is -2.10. The van der Waals surface area contributed by atoms with Crippen molar-refractivity contribution < 1.29 is 22.1 Å². The maximum Gasteiger partial charge on any atom is 0.339 e. The summed E-state index contributed by atoms with van der Waals surface area (Å²) in [5, 5.41) is 8.74. The molecule has 1 aliphatic rings. The van der Waals surface area contributed by atoms with Crippen LogP contribution in [-0.4, -0.2) is 21.6 Å². The van der Waals surface area contributed by atoms with Gasteiger partial charge >= 0.3 is 10.1 Å². The Morgan fingerprint density at radius 3 is 2.39 bits per heavy atom. The van der Waals surface area contributed by atoms with E-state index in [0.29, 0.717) is 30.3 Å². The number of rotatable bonds is 3. The van der Waals surface area contributed by atoms with Crippen molar-refractivity contribution in [2.75, 3.05) is 13.2 Å². The topological polar surface area (TPSA) is 85.6 Å². The summed E-state index contributed by atoms with van der Waals surface area (Å²) in [5.41, 5.74) is 0.422. The molecule has 2 aromatic rings. The molecule has 0 aliphatic carbocycles. The van der Waals surface area contributed by atoms with E-state index in [9.17, 15) is 8.42 Å². The molecule has 2 aromatic carbocycles. The second-order valence-corrected chi connectivity index (χ2v) is 6.38. The van der Waals surface area contributed by atoms with Gasteiger partial charge in [0.1, 0.15) is 10.6 Å². The Kier molecular flexibility index (Phi) is 4.08. The van der Waals surface area contributed by atoms with Crippen molar-refractivity contribution in [3.63, 3.8) is 0 Å². The largest absolute Gasteiger partial charge is 0.490 e. The summed E-state index contributed by atoms with van der Waals surface area (Å²) < 4.78 is 40.7. The van der Waals surface area contributed by atoms with Gasteiger partial charge in [-0.3, -0.25) is 0 Å². The van der Waals surface area contributed by atoms with Gasteiger partial charge in [-0.25, -0.2) is 0 Å². The molecule has 0 bridgehead atoms. The minimum atomic E-state index is -4.00. The molecule has 0 amide bonds. The Labute approximate surface area is 134 Å². The lowest BCUT2D eigenvalue weighted by atomic mass is 10.2. The average molecular weight is 331 g/mol. The fourth-order valence-corrected chi connectivity index (χ4v) is 3.01. The van der Waals surface area contributed by atoms with E-state index in [1.807, 2.05) is 6.07 Å². The molecule has 0 fully saturated rings. The number of nitriles is 1. The molecule has 0 N–H and O–H groups in total. The van der Waals surface area contributed by atoms with Gasteiger partial charge in [-0.05, 0) is 36.4 Å². The molecular weight excluding hydrogens is 318 g/mol. The number of benzene rings is 2. The predicted molar refractivity (Wildman–Crippen MR) is 81.0 cm³/mol. The van der Waals surface area contributed by atoms with E-state index in [2.05, 4.69) is 0 Å². The molecule has 23 heavy (non-hydrogen) atoms. The number of nitrogens with zero attached hydrogens (tertiary/aromatic N) is 1. The van der Waals surface area contributed by atoms with Gasteiger partial charge in [0, 0.05) is 12.5 Å². The average Bonchev–Trinajstić information content (AvgIpc) is 2.80. The van der Waals surface area contributed by atoms with Crippen molar-refractivity contribution in [2.24, 2.45) is 0 Å². The summed E-state index contributed by atoms with van der Waals surface area (Å²) >= 11 is 0. The van der Waals surface area contributed by atoms with E-state index in [4.69, 9.17) is 18.9 Å². The predicted octanol–water partition coefficient (Wildman–Crippen LogP) is 2.49. The first kappa shape index (κ1) is 15.2. The van der Waals surface area contributed by atoms with Gasteiger partial charge in [-0.2, -0.15) is 13.7 Å². The summed E-state index contributed by atoms with van der Waals surface area (Å²) in [6, 6.07) is 12.1. The zero-order chi connectivity index (χ0) is 16.3. The normalized spacial score (nSPS) is 13.7. The summed E-state index contributed by atoms with van der Waals surface area (Å²) in [4.78, 5) is -0.0221. The van der Waals surface area contributed by atoms with Crippen LogP contribution in [0.3, 0.4) is 0 Å². The molecule has 0 aromatic heterocycles. The van der Waals surface area contributed by atoms with Gasteiger partial charge in [-0.15, -0.1) is 0 Å². The third kappa shape index (κ3) is 3.38. The van der Waals surface area contributed by atoms with E-state index in [-0.39, 0.29) is 10.6 Å². The first-order valence-corrected chi connectivity index (χ1v) is 8.34. The van der Waals surface area contributed by atoms with Crippen molar-refractivity contribution in [3.05, 3.63) is 48.0 Å². The Bertz CT molecular complexity index is 853. The van der Waals surface area contributed by atoms with Crippen molar-refractivity contribution in [2.45, 2.75) is 11.3 Å². The van der Waals surface area contributed by atoms with Crippen molar-refractivity contribution in [3.8, 4) is 23.3 Å². The standard InChI is InChI=1S/C16H13NO5S/c17-11-12-2-4-13(5-3-12)22-23(18,19)14-6-7-15-16(10-14)21-9-1-8-20-15/h2-7,10H,1,8-9H2. The molecule has 6 nitrogen and oxygen atoms in total. The molecule has 1 heterocycles. The van der Waals surface area contributed by atoms with Gasteiger partial charge in [0.2, 0.25) is 0 Å². The van der Waals surface area contributed by atoms with Gasteiger partial charge < -0.3 is 13.7 Å². The van der Waals surface area contributed by atoms with Crippen LogP contribution < -0.4 is 13.7 Å². The van der Waals surface area contributed by atoms with Crippen LogP contribution in [0.4, 0.5) is 0 Å². The third-order valence-electron chi connectivity index (χ3n) is 3.20. The highest BCUT2D eigenvalue weighted by Gasteiger charge is 2.20. The van der Waals surface area contributed by atoms with Crippen LogP contribution >= 0.6 is 0 Å². The van der Waals surface area contributed by atoms with E-state index in [0.717, 1.165) is 6.42 Å². The highest BCUT2D eigenvalue weighted by atomic mass is 32.2. The van der Waals surface area contributed by atoms with Gasteiger partial charge in [0.15, 0.2) is 11.5 Å². The van der Waals surface area contributed by atoms with Crippen LogP contribution in [0.25, 0.3) is 0 Å². The molecule has 0 radical (unpaired) electrons. The molecule has 0 saturated heterocycles. The third-order valence-corrected chi connectivity index (χ3v) is 4.44. The van der Waals surface area contributed by atoms with E-state index < -0.39 is 10.1 Å². The van der Waals surface area contributed by atoms with Crippen LogP contribution in [0.5, 0.6) is 17.2 Å². The highest BCUT2D eigenvalue weighted by Crippen LogP contribution is 2.32. The van der Waals surface area contributed by atoms with Crippen LogP contribution in [0.2, 0.25) is 0 Å². The maximum atomic E-state index is 12.3. The zero-order valence-corrected chi connectivity index (χ0v) is 12.9. The van der Waals surface area contributed by atoms with Gasteiger partial charge in [-0.1, -0.05) is 0 Å². The smallest absolute Gasteiger partial charge is 0.339 e.